The summed E-state index contributed by atoms with van der Waals surface area (Å²) in [5.74, 6) is 0.0195. The molecule has 6 heteroatoms. The quantitative estimate of drug-likeness (QED) is 0.773. The van der Waals surface area contributed by atoms with Gasteiger partial charge in [-0.25, -0.2) is 9.50 Å². The number of likely N-dealkylation sites (N-methyl/N-ethyl adjacent to an activating group) is 1. The summed E-state index contributed by atoms with van der Waals surface area (Å²) in [6.45, 7) is 5.80. The Bertz CT molecular complexity index is 932. The molecule has 0 aliphatic rings. The standard InChI is InChI=1S/C19H24N4O2/c1-12(11-24)22(4)18(25)10-9-15-13(2)20-19-16-7-5-6-8-17(16)21-23(19)14(15)3/h5-8,12,24H,9-11H2,1-4H3. The van der Waals surface area contributed by atoms with E-state index >= 15 is 0 Å². The first-order valence-corrected chi connectivity index (χ1v) is 8.54. The first kappa shape index (κ1) is 17.4. The Morgan fingerprint density at radius 2 is 2.04 bits per heavy atom. The van der Waals surface area contributed by atoms with E-state index in [1.165, 1.54) is 0 Å². The highest BCUT2D eigenvalue weighted by atomic mass is 16.3. The molecular weight excluding hydrogens is 316 g/mol. The monoisotopic (exact) mass is 340 g/mol. The van der Waals surface area contributed by atoms with Crippen LogP contribution in [0.2, 0.25) is 0 Å². The Balaban J connectivity index is 1.92. The maximum absolute atomic E-state index is 12.3. The molecule has 132 valence electrons. The zero-order valence-electron chi connectivity index (χ0n) is 15.2. The second-order valence-electron chi connectivity index (χ2n) is 6.55. The van der Waals surface area contributed by atoms with Crippen molar-refractivity contribution in [2.45, 2.75) is 39.7 Å². The molecule has 3 aromatic rings. The van der Waals surface area contributed by atoms with E-state index in [2.05, 4.69) is 5.10 Å². The van der Waals surface area contributed by atoms with Crippen LogP contribution in [0.15, 0.2) is 24.3 Å². The SMILES string of the molecule is Cc1nc2c3ccccc3nn2c(C)c1CCC(=O)N(C)C(C)CO. The van der Waals surface area contributed by atoms with Crippen LogP contribution in [0.3, 0.4) is 0 Å². The summed E-state index contributed by atoms with van der Waals surface area (Å²) in [7, 11) is 1.73. The van der Waals surface area contributed by atoms with Gasteiger partial charge < -0.3 is 10.0 Å². The van der Waals surface area contributed by atoms with Crippen LogP contribution in [0.1, 0.15) is 30.3 Å². The lowest BCUT2D eigenvalue weighted by Gasteiger charge is -2.23. The van der Waals surface area contributed by atoms with Crippen molar-refractivity contribution in [3.05, 3.63) is 41.2 Å². The van der Waals surface area contributed by atoms with Gasteiger partial charge in [-0.2, -0.15) is 5.10 Å². The van der Waals surface area contributed by atoms with Gasteiger partial charge in [-0.05, 0) is 44.9 Å². The lowest BCUT2D eigenvalue weighted by Crippen LogP contribution is -2.37. The number of aliphatic hydroxyl groups is 1. The minimum atomic E-state index is -0.174. The minimum absolute atomic E-state index is 0.0195. The second-order valence-corrected chi connectivity index (χ2v) is 6.55. The summed E-state index contributed by atoms with van der Waals surface area (Å²) >= 11 is 0. The third-order valence-corrected chi connectivity index (χ3v) is 4.93. The first-order chi connectivity index (χ1) is 11.9. The van der Waals surface area contributed by atoms with Gasteiger partial charge in [0, 0.05) is 30.2 Å². The van der Waals surface area contributed by atoms with Gasteiger partial charge >= 0.3 is 0 Å². The molecule has 0 saturated carbocycles. The number of carbonyl (C=O) groups is 1. The predicted molar refractivity (Wildman–Crippen MR) is 97.6 cm³/mol. The number of aliphatic hydroxyl groups excluding tert-OH is 1. The van der Waals surface area contributed by atoms with Gasteiger partial charge in [0.2, 0.25) is 5.91 Å². The fraction of sp³-hybridized carbons (Fsp3) is 0.421. The molecule has 0 radical (unpaired) electrons. The van der Waals surface area contributed by atoms with Crippen molar-refractivity contribution in [2.75, 3.05) is 13.7 Å². The topological polar surface area (TPSA) is 70.7 Å². The van der Waals surface area contributed by atoms with Crippen LogP contribution < -0.4 is 0 Å². The van der Waals surface area contributed by atoms with Gasteiger partial charge in [-0.1, -0.05) is 12.1 Å². The van der Waals surface area contributed by atoms with Crippen molar-refractivity contribution in [2.24, 2.45) is 0 Å². The number of benzene rings is 1. The fourth-order valence-corrected chi connectivity index (χ4v) is 3.11. The van der Waals surface area contributed by atoms with Crippen LogP contribution in [0.5, 0.6) is 0 Å². The van der Waals surface area contributed by atoms with Crippen molar-refractivity contribution in [3.8, 4) is 0 Å². The van der Waals surface area contributed by atoms with Crippen LogP contribution in [0.25, 0.3) is 16.6 Å². The lowest BCUT2D eigenvalue weighted by atomic mass is 10.1. The molecule has 1 unspecified atom stereocenters. The summed E-state index contributed by atoms with van der Waals surface area (Å²) < 4.78 is 1.87. The molecule has 0 saturated heterocycles. The van der Waals surface area contributed by atoms with E-state index in [0.717, 1.165) is 33.5 Å². The van der Waals surface area contributed by atoms with E-state index in [0.29, 0.717) is 12.8 Å². The van der Waals surface area contributed by atoms with Gasteiger partial charge in [0.1, 0.15) is 0 Å². The van der Waals surface area contributed by atoms with Crippen LogP contribution in [-0.2, 0) is 11.2 Å². The molecule has 2 heterocycles. The minimum Gasteiger partial charge on any atom is -0.394 e. The highest BCUT2D eigenvalue weighted by Gasteiger charge is 2.18. The van der Waals surface area contributed by atoms with Crippen LogP contribution >= 0.6 is 0 Å². The Morgan fingerprint density at radius 1 is 1.32 bits per heavy atom. The van der Waals surface area contributed by atoms with E-state index in [1.54, 1.807) is 11.9 Å². The zero-order chi connectivity index (χ0) is 18.1. The maximum Gasteiger partial charge on any atom is 0.222 e. The van der Waals surface area contributed by atoms with Gasteiger partial charge in [0.25, 0.3) is 0 Å². The normalized spacial score (nSPS) is 12.7. The molecule has 2 aromatic heterocycles. The highest BCUT2D eigenvalue weighted by Crippen LogP contribution is 2.23. The van der Waals surface area contributed by atoms with Gasteiger partial charge in [0.05, 0.1) is 18.2 Å². The van der Waals surface area contributed by atoms with E-state index in [1.807, 2.05) is 49.6 Å². The largest absolute Gasteiger partial charge is 0.394 e. The molecule has 0 bridgehead atoms. The molecule has 6 nitrogen and oxygen atoms in total. The average molecular weight is 340 g/mol. The highest BCUT2D eigenvalue weighted by molar-refractivity contribution is 5.92. The summed E-state index contributed by atoms with van der Waals surface area (Å²) in [5, 5.41) is 14.9. The number of rotatable bonds is 5. The number of aryl methyl sites for hydroxylation is 2. The van der Waals surface area contributed by atoms with Gasteiger partial charge in [-0.15, -0.1) is 0 Å². The molecule has 3 rings (SSSR count). The Morgan fingerprint density at radius 3 is 2.76 bits per heavy atom. The fourth-order valence-electron chi connectivity index (χ4n) is 3.11. The number of hydrogen-bond acceptors (Lipinski definition) is 4. The summed E-state index contributed by atoms with van der Waals surface area (Å²) in [6, 6.07) is 7.78. The predicted octanol–water partition coefficient (Wildman–Crippen LogP) is 2.27. The smallest absolute Gasteiger partial charge is 0.222 e. The van der Waals surface area contributed by atoms with Gasteiger partial charge in [0.15, 0.2) is 5.65 Å². The lowest BCUT2D eigenvalue weighted by molar-refractivity contribution is -0.132. The summed E-state index contributed by atoms with van der Waals surface area (Å²) in [4.78, 5) is 18.6. The Hall–Kier alpha value is -2.47. The van der Waals surface area contributed by atoms with Crippen LogP contribution in [0.4, 0.5) is 0 Å². The van der Waals surface area contributed by atoms with Crippen molar-refractivity contribution in [1.82, 2.24) is 19.5 Å². The molecule has 0 aliphatic carbocycles. The first-order valence-electron chi connectivity index (χ1n) is 8.54. The molecular formula is C19H24N4O2. The second kappa shape index (κ2) is 6.80. The summed E-state index contributed by atoms with van der Waals surface area (Å²) in [5.41, 5.74) is 4.78. The molecule has 0 fully saturated rings. The van der Waals surface area contributed by atoms with E-state index in [-0.39, 0.29) is 18.6 Å². The van der Waals surface area contributed by atoms with Gasteiger partial charge in [-0.3, -0.25) is 4.79 Å². The number of carbonyl (C=O) groups excluding carboxylic acids is 1. The average Bonchev–Trinajstić information content (AvgIpc) is 2.99. The number of aromatic nitrogens is 3. The number of amides is 1. The van der Waals surface area contributed by atoms with Crippen LogP contribution in [-0.4, -0.2) is 50.2 Å². The molecule has 1 amide bonds. The molecule has 0 aliphatic heterocycles. The third kappa shape index (κ3) is 3.09. The maximum atomic E-state index is 12.3. The zero-order valence-corrected chi connectivity index (χ0v) is 15.2. The summed E-state index contributed by atoms with van der Waals surface area (Å²) in [6.07, 6.45) is 0.995. The molecule has 0 spiro atoms. The van der Waals surface area contributed by atoms with Crippen molar-refractivity contribution < 1.29 is 9.90 Å². The molecule has 1 aromatic carbocycles. The molecule has 1 atom stereocenters. The van der Waals surface area contributed by atoms with Crippen molar-refractivity contribution in [1.29, 1.82) is 0 Å². The number of nitrogens with zero attached hydrogens (tertiary/aromatic N) is 4. The molecule has 25 heavy (non-hydrogen) atoms. The van der Waals surface area contributed by atoms with Crippen molar-refractivity contribution in [3.63, 3.8) is 0 Å². The molecule has 1 N–H and O–H groups in total. The van der Waals surface area contributed by atoms with Crippen molar-refractivity contribution >= 4 is 22.5 Å². The number of fused-ring (bicyclic) bond motifs is 3. The van der Waals surface area contributed by atoms with Crippen LogP contribution in [0, 0.1) is 13.8 Å². The van der Waals surface area contributed by atoms with E-state index in [4.69, 9.17) is 4.98 Å². The Kier molecular flexibility index (Phi) is 4.72. The van der Waals surface area contributed by atoms with E-state index in [9.17, 15) is 9.90 Å². The van der Waals surface area contributed by atoms with E-state index < -0.39 is 0 Å². The number of hydrogen-bond donors (Lipinski definition) is 1. The Labute approximate surface area is 147 Å². The third-order valence-electron chi connectivity index (χ3n) is 4.93.